The van der Waals surface area contributed by atoms with E-state index in [9.17, 15) is 33.6 Å². The van der Waals surface area contributed by atoms with E-state index in [2.05, 4.69) is 21.3 Å². The second-order valence-corrected chi connectivity index (χ2v) is 16.3. The summed E-state index contributed by atoms with van der Waals surface area (Å²) < 4.78 is 22.3. The van der Waals surface area contributed by atoms with Crippen molar-refractivity contribution in [3.8, 4) is 11.5 Å². The fourth-order valence-corrected chi connectivity index (χ4v) is 7.62. The first-order valence-electron chi connectivity index (χ1n) is 20.0. The van der Waals surface area contributed by atoms with E-state index in [1.54, 1.807) is 19.1 Å². The van der Waals surface area contributed by atoms with Crippen LogP contribution in [0.5, 0.6) is 11.5 Å². The van der Waals surface area contributed by atoms with Crippen LogP contribution in [-0.4, -0.2) is 92.4 Å². The van der Waals surface area contributed by atoms with E-state index in [1.165, 1.54) is 20.3 Å². The van der Waals surface area contributed by atoms with Crippen LogP contribution in [0.2, 0.25) is 0 Å². The zero-order valence-corrected chi connectivity index (χ0v) is 34.7. The Morgan fingerprint density at radius 2 is 1.56 bits per heavy atom. The predicted octanol–water partition coefficient (Wildman–Crippen LogP) is 3.43. The zero-order valence-electron chi connectivity index (χ0n) is 34.7. The predicted molar refractivity (Wildman–Crippen MR) is 210 cm³/mol. The molecule has 0 saturated heterocycles. The van der Waals surface area contributed by atoms with Gasteiger partial charge in [0.2, 0.25) is 23.5 Å². The fraction of sp³-hybridized carbons (Fsp3) is 0.683. The van der Waals surface area contributed by atoms with Crippen LogP contribution in [0.15, 0.2) is 18.2 Å². The third kappa shape index (κ3) is 13.7. The van der Waals surface area contributed by atoms with Crippen LogP contribution in [0.3, 0.4) is 0 Å². The van der Waals surface area contributed by atoms with Crippen LogP contribution in [0, 0.1) is 23.7 Å². The third-order valence-electron chi connectivity index (χ3n) is 10.2. The maximum absolute atomic E-state index is 14.5. The first-order chi connectivity index (χ1) is 26.9. The van der Waals surface area contributed by atoms with Crippen molar-refractivity contribution in [3.05, 3.63) is 23.8 Å². The molecule has 0 spiro atoms. The number of hydrogen-bond acceptors (Lipinski definition) is 11. The van der Waals surface area contributed by atoms with Gasteiger partial charge in [-0.25, -0.2) is 4.79 Å². The maximum Gasteiger partial charge on any atom is 0.407 e. The molecular weight excluding hydrogens is 738 g/mol. The van der Waals surface area contributed by atoms with Crippen molar-refractivity contribution < 1.29 is 52.5 Å². The number of carbonyl (C=O) groups excluding carboxylic acids is 7. The number of carbonyl (C=O) groups is 7. The highest BCUT2D eigenvalue weighted by atomic mass is 16.5. The first-order valence-corrected chi connectivity index (χ1v) is 20.0. The number of nitrogens with two attached hydrogens (primary N) is 1. The van der Waals surface area contributed by atoms with Gasteiger partial charge in [0.25, 0.3) is 5.91 Å². The molecule has 2 aliphatic carbocycles. The Morgan fingerprint density at radius 1 is 0.895 bits per heavy atom. The van der Waals surface area contributed by atoms with E-state index < -0.39 is 83.7 Å². The molecule has 0 radical (unpaired) electrons. The number of para-hydroxylation sites is 1. The summed E-state index contributed by atoms with van der Waals surface area (Å²) in [4.78, 5) is 93.5. The van der Waals surface area contributed by atoms with Crippen LogP contribution in [0.25, 0.3) is 0 Å². The first kappa shape index (κ1) is 46.7. The Balaban J connectivity index is 1.77. The highest BCUT2D eigenvalue weighted by Gasteiger charge is 2.48. The summed E-state index contributed by atoms with van der Waals surface area (Å²) in [7, 11) is 2.77. The van der Waals surface area contributed by atoms with Crippen LogP contribution in [0.1, 0.15) is 111 Å². The number of ketones is 2. The van der Waals surface area contributed by atoms with Crippen molar-refractivity contribution in [2.75, 3.05) is 27.4 Å². The summed E-state index contributed by atoms with van der Waals surface area (Å²) in [5.41, 5.74) is 5.23. The molecule has 57 heavy (non-hydrogen) atoms. The average Bonchev–Trinajstić information content (AvgIpc) is 3.58. The quantitative estimate of drug-likeness (QED) is 0.120. The molecule has 0 aromatic heterocycles. The topological polar surface area (TPSA) is 231 Å². The van der Waals surface area contributed by atoms with Crippen molar-refractivity contribution >= 4 is 41.3 Å². The maximum atomic E-state index is 14.5. The van der Waals surface area contributed by atoms with E-state index in [1.807, 2.05) is 34.6 Å². The molecule has 16 nitrogen and oxygen atoms in total. The number of methoxy groups -OCH3 is 2. The monoisotopic (exact) mass is 801 g/mol. The largest absolute Gasteiger partial charge is 0.493 e. The van der Waals surface area contributed by atoms with E-state index in [0.717, 1.165) is 32.1 Å². The van der Waals surface area contributed by atoms with Gasteiger partial charge in [-0.3, -0.25) is 28.8 Å². The lowest BCUT2D eigenvalue weighted by Crippen LogP contribution is -2.53. The summed E-state index contributed by atoms with van der Waals surface area (Å²) in [6.45, 7) is 10.7. The fourth-order valence-electron chi connectivity index (χ4n) is 7.62. The number of nitrogens with one attached hydrogen (secondary N) is 4. The van der Waals surface area contributed by atoms with Crippen LogP contribution < -0.4 is 36.5 Å². The Bertz CT molecular complexity index is 1590. The molecule has 318 valence electrons. The van der Waals surface area contributed by atoms with Gasteiger partial charge in [-0.1, -0.05) is 58.6 Å². The van der Waals surface area contributed by atoms with Crippen LogP contribution in [0.4, 0.5) is 4.79 Å². The molecule has 6 N–H and O–H groups in total. The standard InChI is InChI=1S/C41H63N5O11/c1-9-14-29(35(49)39(52)43-21-31(47)45-33(37(42)50)26-17-13-18-30(54-7)36(26)55-8)44-38(51)28-20-25(57-41(4,5)6)19-27(28)34(48)32(24-15-11-10-12-16-24)46-40(53)56-22-23(2)3/h13,17-18,23-25,27-29,32-33H,9-12,14-16,19-22H2,1-8H3,(H2,42,50)(H,43,52)(H,44,51)(H,45,47)(H,46,53)/t25-,27?,28+,29?,32-,33?/m0/s1. The molecule has 2 aliphatic rings. The van der Waals surface area contributed by atoms with Gasteiger partial charge in [-0.05, 0) is 70.8 Å². The molecule has 2 fully saturated rings. The van der Waals surface area contributed by atoms with Crippen molar-refractivity contribution in [2.24, 2.45) is 29.4 Å². The molecule has 2 saturated carbocycles. The summed E-state index contributed by atoms with van der Waals surface area (Å²) in [6, 6.07) is 1.21. The number of rotatable bonds is 20. The number of ether oxygens (including phenoxy) is 4. The van der Waals surface area contributed by atoms with Gasteiger partial charge < -0.3 is 45.9 Å². The Morgan fingerprint density at radius 3 is 2.14 bits per heavy atom. The van der Waals surface area contributed by atoms with Gasteiger partial charge in [-0.15, -0.1) is 0 Å². The second-order valence-electron chi connectivity index (χ2n) is 16.3. The number of alkyl carbamates (subject to hydrolysis) is 1. The lowest BCUT2D eigenvalue weighted by molar-refractivity contribution is -0.141. The van der Waals surface area contributed by atoms with E-state index in [4.69, 9.17) is 24.7 Å². The molecule has 1 aromatic carbocycles. The van der Waals surface area contributed by atoms with Crippen LogP contribution >= 0.6 is 0 Å². The van der Waals surface area contributed by atoms with Crippen molar-refractivity contribution in [1.29, 1.82) is 0 Å². The van der Waals surface area contributed by atoms with Gasteiger partial charge in [0.15, 0.2) is 17.3 Å². The number of primary amides is 1. The molecule has 5 amide bonds. The number of Topliss-reactive ketones (excluding diaryl/α,β-unsaturated/α-hetero) is 2. The van der Waals surface area contributed by atoms with Gasteiger partial charge in [-0.2, -0.15) is 0 Å². The number of hydrogen-bond donors (Lipinski definition) is 5. The molecule has 0 aliphatic heterocycles. The Labute approximate surface area is 335 Å². The van der Waals surface area contributed by atoms with Gasteiger partial charge in [0.05, 0.1) is 57.1 Å². The lowest BCUT2D eigenvalue weighted by Gasteiger charge is -2.32. The Hall–Kier alpha value is -4.73. The minimum atomic E-state index is -1.35. The summed E-state index contributed by atoms with van der Waals surface area (Å²) >= 11 is 0. The Kier molecular flexibility index (Phi) is 17.8. The summed E-state index contributed by atoms with van der Waals surface area (Å²) in [5, 5.41) is 10.3. The van der Waals surface area contributed by atoms with Gasteiger partial charge in [0, 0.05) is 11.5 Å². The highest BCUT2D eigenvalue weighted by molar-refractivity contribution is 6.38. The third-order valence-corrected chi connectivity index (χ3v) is 10.2. The lowest BCUT2D eigenvalue weighted by atomic mass is 9.77. The zero-order chi connectivity index (χ0) is 42.4. The molecule has 6 atom stereocenters. The van der Waals surface area contributed by atoms with E-state index in [-0.39, 0.29) is 54.8 Å². The minimum Gasteiger partial charge on any atom is -0.493 e. The molecule has 1 aromatic rings. The normalized spacial score (nSPS) is 20.1. The van der Waals surface area contributed by atoms with Gasteiger partial charge >= 0.3 is 6.09 Å². The number of benzene rings is 1. The number of amides is 5. The molecule has 3 rings (SSSR count). The molecular formula is C41H63N5O11. The van der Waals surface area contributed by atoms with Crippen molar-refractivity contribution in [1.82, 2.24) is 21.3 Å². The van der Waals surface area contributed by atoms with E-state index in [0.29, 0.717) is 12.2 Å². The van der Waals surface area contributed by atoms with Crippen LogP contribution in [-0.2, 0) is 38.2 Å². The van der Waals surface area contributed by atoms with Gasteiger partial charge in [0.1, 0.15) is 6.04 Å². The minimum absolute atomic E-state index is 0.0966. The average molecular weight is 802 g/mol. The molecule has 0 bridgehead atoms. The summed E-state index contributed by atoms with van der Waals surface area (Å²) in [5.74, 6) is -6.05. The molecule has 16 heteroatoms. The van der Waals surface area contributed by atoms with Crippen molar-refractivity contribution in [3.63, 3.8) is 0 Å². The molecule has 3 unspecified atom stereocenters. The molecule has 0 heterocycles. The van der Waals surface area contributed by atoms with Crippen molar-refractivity contribution in [2.45, 2.75) is 129 Å². The van der Waals surface area contributed by atoms with E-state index >= 15 is 0 Å². The SMILES string of the molecule is CCCC(NC(=O)[C@@H]1C[C@@H](OC(C)(C)C)CC1C(=O)[C@@H](NC(=O)OCC(C)C)C1CCCCC1)C(=O)C(=O)NCC(=O)NC(C(N)=O)c1cccc(OC)c1OC. The summed E-state index contributed by atoms with van der Waals surface area (Å²) in [6.07, 6.45) is 4.13. The highest BCUT2D eigenvalue weighted by Crippen LogP contribution is 2.40. The smallest absolute Gasteiger partial charge is 0.407 e. The second kappa shape index (κ2) is 21.7.